The molecule has 0 saturated carbocycles. The molecule has 4 rings (SSSR count). The highest BCUT2D eigenvalue weighted by Gasteiger charge is 2.30. The van der Waals surface area contributed by atoms with Gasteiger partial charge in [-0.25, -0.2) is 9.59 Å². The zero-order chi connectivity index (χ0) is 23.9. The Kier molecular flexibility index (Phi) is 7.60. The van der Waals surface area contributed by atoms with Crippen molar-refractivity contribution in [2.45, 2.75) is 31.9 Å². The molecule has 34 heavy (non-hydrogen) atoms. The largest absolute Gasteiger partial charge is 0.480 e. The number of aliphatic carboxylic acids is 1. The number of amides is 1. The molecule has 6 nitrogen and oxygen atoms in total. The van der Waals surface area contributed by atoms with Crippen molar-refractivity contribution in [3.63, 3.8) is 0 Å². The molecule has 3 aromatic rings. The SMILES string of the molecule is CC(COCc1ccccc1)CC(NC(=O)OCC1c2ccccc2-c2ccccc21)C(=O)O. The lowest BCUT2D eigenvalue weighted by Crippen LogP contribution is -2.42. The van der Waals surface area contributed by atoms with Gasteiger partial charge in [-0.2, -0.15) is 0 Å². The zero-order valence-electron chi connectivity index (χ0n) is 19.1. The van der Waals surface area contributed by atoms with Crippen LogP contribution in [-0.2, 0) is 20.9 Å². The second-order valence-electron chi connectivity index (χ2n) is 8.70. The summed E-state index contributed by atoms with van der Waals surface area (Å²) in [5.41, 5.74) is 5.55. The number of carbonyl (C=O) groups is 2. The van der Waals surface area contributed by atoms with Crippen molar-refractivity contribution in [1.82, 2.24) is 5.32 Å². The fraction of sp³-hybridized carbons (Fsp3) is 0.286. The van der Waals surface area contributed by atoms with E-state index in [1.165, 1.54) is 0 Å². The summed E-state index contributed by atoms with van der Waals surface area (Å²) in [6.45, 7) is 2.90. The van der Waals surface area contributed by atoms with Gasteiger partial charge in [0.05, 0.1) is 6.61 Å². The molecular weight excluding hydrogens is 430 g/mol. The number of carbonyl (C=O) groups excluding carboxylic acids is 1. The second kappa shape index (κ2) is 11.0. The first kappa shape index (κ1) is 23.5. The molecule has 2 N–H and O–H groups in total. The Morgan fingerprint density at radius 3 is 2.12 bits per heavy atom. The van der Waals surface area contributed by atoms with Crippen molar-refractivity contribution in [3.05, 3.63) is 95.6 Å². The highest BCUT2D eigenvalue weighted by molar-refractivity contribution is 5.81. The molecule has 1 aliphatic rings. The van der Waals surface area contributed by atoms with E-state index in [0.717, 1.165) is 27.8 Å². The maximum absolute atomic E-state index is 12.5. The van der Waals surface area contributed by atoms with Crippen LogP contribution in [0.1, 0.15) is 36.0 Å². The van der Waals surface area contributed by atoms with Crippen molar-refractivity contribution < 1.29 is 24.2 Å². The minimum atomic E-state index is -1.09. The zero-order valence-corrected chi connectivity index (χ0v) is 19.1. The maximum atomic E-state index is 12.5. The highest BCUT2D eigenvalue weighted by atomic mass is 16.5. The van der Waals surface area contributed by atoms with E-state index in [4.69, 9.17) is 9.47 Å². The summed E-state index contributed by atoms with van der Waals surface area (Å²) in [5, 5.41) is 12.1. The topological polar surface area (TPSA) is 84.9 Å². The van der Waals surface area contributed by atoms with Gasteiger partial charge in [0.1, 0.15) is 12.6 Å². The van der Waals surface area contributed by atoms with Crippen LogP contribution in [-0.4, -0.2) is 36.4 Å². The minimum absolute atomic E-state index is 0.0568. The molecule has 0 spiro atoms. The predicted molar refractivity (Wildman–Crippen MR) is 130 cm³/mol. The van der Waals surface area contributed by atoms with Crippen LogP contribution in [0.2, 0.25) is 0 Å². The average Bonchev–Trinajstić information content (AvgIpc) is 3.17. The Morgan fingerprint density at radius 1 is 0.912 bits per heavy atom. The first-order valence-corrected chi connectivity index (χ1v) is 11.5. The molecule has 0 bridgehead atoms. The minimum Gasteiger partial charge on any atom is -0.480 e. The van der Waals surface area contributed by atoms with Gasteiger partial charge in [-0.3, -0.25) is 0 Å². The molecule has 3 aromatic carbocycles. The van der Waals surface area contributed by atoms with Crippen LogP contribution in [0.15, 0.2) is 78.9 Å². The Hall–Kier alpha value is -3.64. The van der Waals surface area contributed by atoms with Gasteiger partial charge < -0.3 is 19.9 Å². The highest BCUT2D eigenvalue weighted by Crippen LogP contribution is 2.44. The van der Waals surface area contributed by atoms with E-state index in [2.05, 4.69) is 17.4 Å². The van der Waals surface area contributed by atoms with Gasteiger partial charge >= 0.3 is 12.1 Å². The third kappa shape index (κ3) is 5.64. The number of ether oxygens (including phenoxy) is 2. The molecule has 0 radical (unpaired) electrons. The number of rotatable bonds is 10. The number of carboxylic acids is 1. The van der Waals surface area contributed by atoms with Crippen molar-refractivity contribution in [2.75, 3.05) is 13.2 Å². The lowest BCUT2D eigenvalue weighted by Gasteiger charge is -2.20. The van der Waals surface area contributed by atoms with Gasteiger partial charge in [0.25, 0.3) is 0 Å². The van der Waals surface area contributed by atoms with E-state index in [9.17, 15) is 14.7 Å². The number of benzene rings is 3. The van der Waals surface area contributed by atoms with Crippen molar-refractivity contribution >= 4 is 12.1 Å². The van der Waals surface area contributed by atoms with Gasteiger partial charge in [0.15, 0.2) is 0 Å². The number of nitrogens with one attached hydrogen (secondary N) is 1. The number of hydrogen-bond donors (Lipinski definition) is 2. The Morgan fingerprint density at radius 2 is 1.50 bits per heavy atom. The molecule has 2 atom stereocenters. The molecule has 0 aromatic heterocycles. The molecule has 2 unspecified atom stereocenters. The Balaban J connectivity index is 1.29. The van der Waals surface area contributed by atoms with Gasteiger partial charge in [-0.1, -0.05) is 85.8 Å². The van der Waals surface area contributed by atoms with Crippen LogP contribution in [0, 0.1) is 5.92 Å². The summed E-state index contributed by atoms with van der Waals surface area (Å²) in [5.74, 6) is -1.23. The smallest absolute Gasteiger partial charge is 0.407 e. The standard InChI is InChI=1S/C28H29NO5/c1-19(16-33-17-20-9-3-2-4-10-20)15-26(27(30)31)29-28(32)34-18-25-23-13-7-5-11-21(23)22-12-6-8-14-24(22)25/h2-14,19,25-26H,15-18H2,1H3,(H,29,32)(H,30,31). The van der Waals surface area contributed by atoms with Gasteiger partial charge in [-0.05, 0) is 40.2 Å². The van der Waals surface area contributed by atoms with Crippen molar-refractivity contribution in [2.24, 2.45) is 5.92 Å². The van der Waals surface area contributed by atoms with Crippen LogP contribution in [0.4, 0.5) is 4.79 Å². The third-order valence-corrected chi connectivity index (χ3v) is 6.09. The fourth-order valence-electron chi connectivity index (χ4n) is 4.43. The lowest BCUT2D eigenvalue weighted by molar-refractivity contribution is -0.140. The van der Waals surface area contributed by atoms with Crippen LogP contribution < -0.4 is 5.32 Å². The van der Waals surface area contributed by atoms with E-state index in [0.29, 0.717) is 13.2 Å². The van der Waals surface area contributed by atoms with Crippen molar-refractivity contribution in [3.8, 4) is 11.1 Å². The van der Waals surface area contributed by atoms with Crippen LogP contribution in [0.5, 0.6) is 0 Å². The van der Waals surface area contributed by atoms with Gasteiger partial charge in [0.2, 0.25) is 0 Å². The Bertz CT molecular complexity index is 1080. The second-order valence-corrected chi connectivity index (χ2v) is 8.70. The maximum Gasteiger partial charge on any atom is 0.407 e. The first-order valence-electron chi connectivity index (χ1n) is 11.5. The molecule has 6 heteroatoms. The van der Waals surface area contributed by atoms with E-state index in [1.54, 1.807) is 0 Å². The van der Waals surface area contributed by atoms with Crippen molar-refractivity contribution in [1.29, 1.82) is 0 Å². The number of carboxylic acid groups (broad SMARTS) is 1. The summed E-state index contributed by atoms with van der Waals surface area (Å²) in [6, 6.07) is 24.9. The monoisotopic (exact) mass is 459 g/mol. The van der Waals surface area contributed by atoms with E-state index >= 15 is 0 Å². The molecule has 1 aliphatic carbocycles. The number of fused-ring (bicyclic) bond motifs is 3. The van der Waals surface area contributed by atoms with Gasteiger partial charge in [0, 0.05) is 12.5 Å². The fourth-order valence-corrected chi connectivity index (χ4v) is 4.43. The molecule has 0 fully saturated rings. The molecule has 1 amide bonds. The Labute approximate surface area is 199 Å². The molecular formula is C28H29NO5. The predicted octanol–water partition coefficient (Wildman–Crippen LogP) is 5.22. The summed E-state index contributed by atoms with van der Waals surface area (Å²) >= 11 is 0. The lowest BCUT2D eigenvalue weighted by atomic mass is 9.98. The van der Waals surface area contributed by atoms with E-state index in [1.807, 2.05) is 73.7 Å². The third-order valence-electron chi connectivity index (χ3n) is 6.09. The summed E-state index contributed by atoms with van der Waals surface area (Å²) in [4.78, 5) is 24.2. The van der Waals surface area contributed by atoms with Crippen LogP contribution >= 0.6 is 0 Å². The first-order chi connectivity index (χ1) is 16.5. The quantitative estimate of drug-likeness (QED) is 0.434. The van der Waals surface area contributed by atoms with Gasteiger partial charge in [-0.15, -0.1) is 0 Å². The molecule has 0 saturated heterocycles. The molecule has 176 valence electrons. The summed E-state index contributed by atoms with van der Waals surface area (Å²) in [7, 11) is 0. The number of hydrogen-bond acceptors (Lipinski definition) is 4. The van der Waals surface area contributed by atoms with Crippen LogP contribution in [0.25, 0.3) is 11.1 Å². The van der Waals surface area contributed by atoms with E-state index in [-0.39, 0.29) is 24.9 Å². The summed E-state index contributed by atoms with van der Waals surface area (Å²) in [6.07, 6.45) is -0.486. The normalized spacial score (nSPS) is 14.0. The van der Waals surface area contributed by atoms with E-state index < -0.39 is 18.1 Å². The number of alkyl carbamates (subject to hydrolysis) is 1. The average molecular weight is 460 g/mol. The van der Waals surface area contributed by atoms with Crippen LogP contribution in [0.3, 0.4) is 0 Å². The molecule has 0 aliphatic heterocycles. The summed E-state index contributed by atoms with van der Waals surface area (Å²) < 4.78 is 11.2. The molecule has 0 heterocycles.